The molecule has 1 aromatic heterocycles. The molecule has 0 radical (unpaired) electrons. The van der Waals surface area contributed by atoms with Crippen molar-refractivity contribution >= 4 is 0 Å². The van der Waals surface area contributed by atoms with E-state index in [2.05, 4.69) is 29.0 Å². The molecular formula is C11H19N3. The smallest absolute Gasteiger partial charge is 0.153 e. The van der Waals surface area contributed by atoms with Crippen LogP contribution >= 0.6 is 0 Å². The Kier molecular flexibility index (Phi) is 2.85. The molecule has 0 atom stereocenters. The van der Waals surface area contributed by atoms with Crippen LogP contribution in [0, 0.1) is 5.92 Å². The van der Waals surface area contributed by atoms with Crippen LogP contribution in [0.15, 0.2) is 0 Å². The van der Waals surface area contributed by atoms with E-state index >= 15 is 0 Å². The zero-order valence-electron chi connectivity index (χ0n) is 9.08. The first-order valence-electron chi connectivity index (χ1n) is 5.67. The van der Waals surface area contributed by atoms with Crippen LogP contribution < -0.4 is 0 Å². The zero-order valence-corrected chi connectivity index (χ0v) is 9.08. The Morgan fingerprint density at radius 1 is 1.36 bits per heavy atom. The highest BCUT2D eigenvalue weighted by molar-refractivity contribution is 5.00. The maximum atomic E-state index is 4.57. The summed E-state index contributed by atoms with van der Waals surface area (Å²) in [6, 6.07) is 0. The van der Waals surface area contributed by atoms with Crippen LogP contribution in [0.5, 0.6) is 0 Å². The minimum atomic E-state index is 0.632. The Hall–Kier alpha value is -0.860. The summed E-state index contributed by atoms with van der Waals surface area (Å²) in [6.07, 6.45) is 6.26. The summed E-state index contributed by atoms with van der Waals surface area (Å²) in [5.74, 6) is 3.39. The minimum absolute atomic E-state index is 0.632. The number of nitrogens with zero attached hydrogens (tertiary/aromatic N) is 2. The Labute approximate surface area is 85.3 Å². The standard InChI is InChI=1S/C11H19N3/c1-8(2)7-10-12-11(14-13-10)9-5-3-4-6-9/h8-9H,3-7H2,1-2H3,(H,12,13,14). The summed E-state index contributed by atoms with van der Waals surface area (Å²) in [4.78, 5) is 4.57. The lowest BCUT2D eigenvalue weighted by molar-refractivity contribution is 0.620. The summed E-state index contributed by atoms with van der Waals surface area (Å²) < 4.78 is 0. The molecule has 0 bridgehead atoms. The number of hydrogen-bond acceptors (Lipinski definition) is 2. The number of rotatable bonds is 3. The van der Waals surface area contributed by atoms with Crippen LogP contribution in [0.4, 0.5) is 0 Å². The van der Waals surface area contributed by atoms with Gasteiger partial charge in [0.05, 0.1) is 0 Å². The maximum Gasteiger partial charge on any atom is 0.153 e. The van der Waals surface area contributed by atoms with Gasteiger partial charge in [-0.1, -0.05) is 26.7 Å². The van der Waals surface area contributed by atoms with Gasteiger partial charge in [0.15, 0.2) is 5.82 Å². The highest BCUT2D eigenvalue weighted by atomic mass is 15.2. The van der Waals surface area contributed by atoms with Crippen LogP contribution in [0.2, 0.25) is 0 Å². The van der Waals surface area contributed by atoms with Gasteiger partial charge in [-0.05, 0) is 18.8 Å². The van der Waals surface area contributed by atoms with Gasteiger partial charge in [0.2, 0.25) is 0 Å². The maximum absolute atomic E-state index is 4.57. The molecule has 1 saturated carbocycles. The van der Waals surface area contributed by atoms with E-state index in [1.165, 1.54) is 25.7 Å². The van der Waals surface area contributed by atoms with Crippen molar-refractivity contribution in [2.24, 2.45) is 5.92 Å². The first-order chi connectivity index (χ1) is 6.75. The van der Waals surface area contributed by atoms with Crippen molar-refractivity contribution in [3.63, 3.8) is 0 Å². The Morgan fingerprint density at radius 3 is 2.71 bits per heavy atom. The number of aromatic nitrogens is 3. The molecule has 78 valence electrons. The second-order valence-corrected chi connectivity index (χ2v) is 4.72. The van der Waals surface area contributed by atoms with E-state index in [4.69, 9.17) is 0 Å². The molecule has 0 saturated heterocycles. The Balaban J connectivity index is 2.01. The molecule has 0 unspecified atom stereocenters. The first kappa shape index (κ1) is 9.69. The van der Waals surface area contributed by atoms with Gasteiger partial charge in [-0.3, -0.25) is 5.10 Å². The average Bonchev–Trinajstić information content (AvgIpc) is 2.69. The number of hydrogen-bond donors (Lipinski definition) is 1. The van der Waals surface area contributed by atoms with Crippen LogP contribution in [0.1, 0.15) is 57.1 Å². The molecule has 0 aromatic carbocycles. The van der Waals surface area contributed by atoms with Crippen molar-refractivity contribution in [2.45, 2.75) is 51.9 Å². The summed E-state index contributed by atoms with van der Waals surface area (Å²) in [6.45, 7) is 4.41. The predicted molar refractivity (Wildman–Crippen MR) is 56.1 cm³/mol. The molecule has 2 rings (SSSR count). The van der Waals surface area contributed by atoms with E-state index < -0.39 is 0 Å². The van der Waals surface area contributed by atoms with Crippen molar-refractivity contribution < 1.29 is 0 Å². The fraction of sp³-hybridized carbons (Fsp3) is 0.818. The van der Waals surface area contributed by atoms with Crippen molar-refractivity contribution in [3.05, 3.63) is 11.6 Å². The van der Waals surface area contributed by atoms with Crippen LogP contribution in [0.3, 0.4) is 0 Å². The van der Waals surface area contributed by atoms with Crippen LogP contribution in [0.25, 0.3) is 0 Å². The molecule has 0 amide bonds. The van der Waals surface area contributed by atoms with E-state index in [9.17, 15) is 0 Å². The van der Waals surface area contributed by atoms with E-state index in [1.807, 2.05) is 0 Å². The zero-order chi connectivity index (χ0) is 9.97. The van der Waals surface area contributed by atoms with Gasteiger partial charge >= 0.3 is 0 Å². The third-order valence-electron chi connectivity index (χ3n) is 2.87. The minimum Gasteiger partial charge on any atom is -0.263 e. The molecule has 14 heavy (non-hydrogen) atoms. The SMILES string of the molecule is CC(C)Cc1nc(C2CCCC2)n[nH]1. The lowest BCUT2D eigenvalue weighted by Crippen LogP contribution is -1.97. The molecule has 1 fully saturated rings. The quantitative estimate of drug-likeness (QED) is 0.801. The van der Waals surface area contributed by atoms with E-state index in [-0.39, 0.29) is 0 Å². The Morgan fingerprint density at radius 2 is 2.07 bits per heavy atom. The second-order valence-electron chi connectivity index (χ2n) is 4.72. The normalized spacial score (nSPS) is 18.2. The molecule has 1 aliphatic rings. The summed E-state index contributed by atoms with van der Waals surface area (Å²) >= 11 is 0. The van der Waals surface area contributed by atoms with Crippen LogP contribution in [-0.2, 0) is 6.42 Å². The molecule has 1 N–H and O–H groups in total. The molecule has 1 heterocycles. The topological polar surface area (TPSA) is 41.6 Å². The third kappa shape index (κ3) is 2.14. The summed E-state index contributed by atoms with van der Waals surface area (Å²) in [5.41, 5.74) is 0. The molecule has 0 aliphatic heterocycles. The monoisotopic (exact) mass is 193 g/mol. The van der Waals surface area contributed by atoms with E-state index in [0.29, 0.717) is 11.8 Å². The number of nitrogens with one attached hydrogen (secondary N) is 1. The third-order valence-corrected chi connectivity index (χ3v) is 2.87. The largest absolute Gasteiger partial charge is 0.263 e. The van der Waals surface area contributed by atoms with Crippen molar-refractivity contribution in [3.8, 4) is 0 Å². The van der Waals surface area contributed by atoms with Gasteiger partial charge in [0.1, 0.15) is 5.82 Å². The fourth-order valence-electron chi connectivity index (χ4n) is 2.15. The average molecular weight is 193 g/mol. The number of aromatic amines is 1. The van der Waals surface area contributed by atoms with Gasteiger partial charge < -0.3 is 0 Å². The first-order valence-corrected chi connectivity index (χ1v) is 5.67. The van der Waals surface area contributed by atoms with E-state index in [1.54, 1.807) is 0 Å². The summed E-state index contributed by atoms with van der Waals surface area (Å²) in [7, 11) is 0. The van der Waals surface area contributed by atoms with Gasteiger partial charge in [0, 0.05) is 12.3 Å². The lowest BCUT2D eigenvalue weighted by Gasteiger charge is -2.01. The predicted octanol–water partition coefficient (Wildman–Crippen LogP) is 2.66. The van der Waals surface area contributed by atoms with Crippen molar-refractivity contribution in [1.29, 1.82) is 0 Å². The second kappa shape index (κ2) is 4.11. The molecule has 3 heteroatoms. The number of H-pyrrole nitrogens is 1. The van der Waals surface area contributed by atoms with Gasteiger partial charge in [-0.15, -0.1) is 0 Å². The fourth-order valence-corrected chi connectivity index (χ4v) is 2.15. The van der Waals surface area contributed by atoms with Crippen molar-refractivity contribution in [2.75, 3.05) is 0 Å². The van der Waals surface area contributed by atoms with E-state index in [0.717, 1.165) is 18.1 Å². The Bertz CT molecular complexity index is 284. The molecule has 3 nitrogen and oxygen atoms in total. The molecule has 1 aliphatic carbocycles. The van der Waals surface area contributed by atoms with Gasteiger partial charge in [0.25, 0.3) is 0 Å². The molecule has 1 aromatic rings. The summed E-state index contributed by atoms with van der Waals surface area (Å²) in [5, 5.41) is 7.37. The van der Waals surface area contributed by atoms with Crippen LogP contribution in [-0.4, -0.2) is 15.2 Å². The van der Waals surface area contributed by atoms with Crippen molar-refractivity contribution in [1.82, 2.24) is 15.2 Å². The van der Waals surface area contributed by atoms with Gasteiger partial charge in [-0.2, -0.15) is 5.10 Å². The van der Waals surface area contributed by atoms with Gasteiger partial charge in [-0.25, -0.2) is 4.98 Å². The molecular weight excluding hydrogens is 174 g/mol. The lowest BCUT2D eigenvalue weighted by atomic mass is 10.1. The molecule has 0 spiro atoms. The highest BCUT2D eigenvalue weighted by Gasteiger charge is 2.21. The highest BCUT2D eigenvalue weighted by Crippen LogP contribution is 2.31.